The van der Waals surface area contributed by atoms with Gasteiger partial charge in [-0.05, 0) is 24.6 Å². The van der Waals surface area contributed by atoms with Crippen molar-refractivity contribution in [2.24, 2.45) is 7.05 Å². The summed E-state index contributed by atoms with van der Waals surface area (Å²) < 4.78 is 7.54. The zero-order chi connectivity index (χ0) is 15.4. The lowest BCUT2D eigenvalue weighted by Gasteiger charge is -2.10. The molecule has 0 saturated heterocycles. The molecule has 1 aromatic heterocycles. The number of aryl methyl sites for hydroxylation is 2. The molecule has 5 heteroatoms. The molecule has 1 aromatic carbocycles. The fourth-order valence-electron chi connectivity index (χ4n) is 2.01. The van der Waals surface area contributed by atoms with Gasteiger partial charge in [-0.25, -0.2) is 0 Å². The van der Waals surface area contributed by atoms with Crippen LogP contribution in [0.1, 0.15) is 30.8 Å². The van der Waals surface area contributed by atoms with E-state index in [9.17, 15) is 0 Å². The van der Waals surface area contributed by atoms with Crippen molar-refractivity contribution in [3.8, 4) is 5.75 Å². The Morgan fingerprint density at radius 2 is 1.95 bits per heavy atom. The topological polar surface area (TPSA) is 39.1 Å². The fraction of sp³-hybridized carbons (Fsp3) is 0.438. The third-order valence-electron chi connectivity index (χ3n) is 3.27. The van der Waals surface area contributed by atoms with Crippen molar-refractivity contribution in [2.45, 2.75) is 40.0 Å². The highest BCUT2D eigenvalue weighted by Gasteiger charge is 2.11. The highest BCUT2D eigenvalue weighted by Crippen LogP contribution is 2.21. The third kappa shape index (κ3) is 4.22. The second-order valence-corrected chi connectivity index (χ2v) is 5.82. The van der Waals surface area contributed by atoms with Crippen molar-refractivity contribution in [3.05, 3.63) is 46.2 Å². The summed E-state index contributed by atoms with van der Waals surface area (Å²) in [5.41, 5.74) is 2.96. The van der Waals surface area contributed by atoms with Crippen molar-refractivity contribution in [1.29, 1.82) is 0 Å². The second kappa shape index (κ2) is 6.96. The monoisotopic (exact) mass is 307 g/mol. The van der Waals surface area contributed by atoms with Crippen LogP contribution in [0.15, 0.2) is 24.3 Å². The minimum absolute atomic E-state index is 0.416. The van der Waals surface area contributed by atoms with Gasteiger partial charge >= 0.3 is 0 Å². The Kier molecular flexibility index (Phi) is 5.26. The molecule has 0 spiro atoms. The molecule has 0 bridgehead atoms. The standard InChI is InChI=1S/C16H22ClN3O/c1-11(2)18-9-13-5-7-14(8-6-13)21-10-15-16(17)12(3)19-20(15)4/h5-8,11,18H,9-10H2,1-4H3. The molecule has 4 nitrogen and oxygen atoms in total. The molecule has 0 saturated carbocycles. The van der Waals surface area contributed by atoms with E-state index < -0.39 is 0 Å². The zero-order valence-corrected chi connectivity index (χ0v) is 13.7. The quantitative estimate of drug-likeness (QED) is 0.888. The summed E-state index contributed by atoms with van der Waals surface area (Å²) in [6.07, 6.45) is 0. The third-order valence-corrected chi connectivity index (χ3v) is 3.77. The van der Waals surface area contributed by atoms with E-state index in [4.69, 9.17) is 16.3 Å². The van der Waals surface area contributed by atoms with E-state index >= 15 is 0 Å². The maximum atomic E-state index is 6.20. The van der Waals surface area contributed by atoms with Crippen LogP contribution in [-0.2, 0) is 20.2 Å². The Hall–Kier alpha value is -1.52. The second-order valence-electron chi connectivity index (χ2n) is 5.44. The summed E-state index contributed by atoms with van der Waals surface area (Å²) in [5, 5.41) is 8.34. The van der Waals surface area contributed by atoms with Crippen LogP contribution in [0.3, 0.4) is 0 Å². The van der Waals surface area contributed by atoms with E-state index in [-0.39, 0.29) is 0 Å². The maximum Gasteiger partial charge on any atom is 0.131 e. The van der Waals surface area contributed by atoms with Gasteiger partial charge < -0.3 is 10.1 Å². The van der Waals surface area contributed by atoms with Gasteiger partial charge in [0.2, 0.25) is 0 Å². The van der Waals surface area contributed by atoms with E-state index in [1.54, 1.807) is 4.68 Å². The minimum atomic E-state index is 0.416. The van der Waals surface area contributed by atoms with Crippen molar-refractivity contribution < 1.29 is 4.74 Å². The van der Waals surface area contributed by atoms with Crippen LogP contribution >= 0.6 is 11.6 Å². The summed E-state index contributed by atoms with van der Waals surface area (Å²) in [5.74, 6) is 0.832. The van der Waals surface area contributed by atoms with Gasteiger partial charge in [0, 0.05) is 19.6 Å². The Bertz CT molecular complexity index is 590. The van der Waals surface area contributed by atoms with Crippen molar-refractivity contribution in [2.75, 3.05) is 0 Å². The highest BCUT2D eigenvalue weighted by atomic mass is 35.5. The van der Waals surface area contributed by atoms with E-state index in [1.165, 1.54) is 5.56 Å². The van der Waals surface area contributed by atoms with Crippen LogP contribution < -0.4 is 10.1 Å². The maximum absolute atomic E-state index is 6.20. The van der Waals surface area contributed by atoms with Gasteiger partial charge in [-0.3, -0.25) is 4.68 Å². The number of nitrogens with one attached hydrogen (secondary N) is 1. The van der Waals surface area contributed by atoms with E-state index in [0.29, 0.717) is 17.7 Å². The first-order chi connectivity index (χ1) is 9.97. The van der Waals surface area contributed by atoms with Crippen molar-refractivity contribution in [1.82, 2.24) is 15.1 Å². The van der Waals surface area contributed by atoms with Gasteiger partial charge in [-0.2, -0.15) is 5.10 Å². The van der Waals surface area contributed by atoms with Crippen LogP contribution in [0, 0.1) is 6.92 Å². The first-order valence-electron chi connectivity index (χ1n) is 7.10. The predicted octanol–water partition coefficient (Wildman–Crippen LogP) is 3.46. The number of nitrogens with zero attached hydrogens (tertiary/aromatic N) is 2. The number of benzene rings is 1. The Morgan fingerprint density at radius 1 is 1.29 bits per heavy atom. The van der Waals surface area contributed by atoms with Crippen LogP contribution in [0.2, 0.25) is 5.02 Å². The van der Waals surface area contributed by atoms with Crippen LogP contribution in [0.5, 0.6) is 5.75 Å². The number of hydrogen-bond donors (Lipinski definition) is 1. The molecule has 0 aliphatic carbocycles. The largest absolute Gasteiger partial charge is 0.487 e. The Labute approximate surface area is 131 Å². The molecular weight excluding hydrogens is 286 g/mol. The smallest absolute Gasteiger partial charge is 0.131 e. The van der Waals surface area contributed by atoms with Gasteiger partial charge in [0.15, 0.2) is 0 Å². The summed E-state index contributed by atoms with van der Waals surface area (Å²) in [6.45, 7) is 7.45. The average Bonchev–Trinajstić information content (AvgIpc) is 2.69. The molecular formula is C16H22ClN3O. The van der Waals surface area contributed by atoms with Gasteiger partial charge in [-0.1, -0.05) is 37.6 Å². The lowest BCUT2D eigenvalue weighted by molar-refractivity contribution is 0.295. The highest BCUT2D eigenvalue weighted by molar-refractivity contribution is 6.31. The molecule has 114 valence electrons. The number of halogens is 1. The molecule has 0 aliphatic rings. The SMILES string of the molecule is Cc1nn(C)c(COc2ccc(CNC(C)C)cc2)c1Cl. The summed E-state index contributed by atoms with van der Waals surface area (Å²) in [4.78, 5) is 0. The molecule has 0 aliphatic heterocycles. The Balaban J connectivity index is 1.94. The molecule has 0 radical (unpaired) electrons. The fourth-order valence-corrected chi connectivity index (χ4v) is 2.23. The zero-order valence-electron chi connectivity index (χ0n) is 13.0. The van der Waals surface area contributed by atoms with Crippen LogP contribution in [0.25, 0.3) is 0 Å². The summed E-state index contributed by atoms with van der Waals surface area (Å²) in [6, 6.07) is 8.58. The number of ether oxygens (including phenoxy) is 1. The average molecular weight is 308 g/mol. The lowest BCUT2D eigenvalue weighted by atomic mass is 10.2. The molecule has 1 N–H and O–H groups in total. The summed E-state index contributed by atoms with van der Waals surface area (Å²) in [7, 11) is 1.87. The molecule has 1 heterocycles. The predicted molar refractivity (Wildman–Crippen MR) is 85.7 cm³/mol. The van der Waals surface area contributed by atoms with Gasteiger partial charge in [0.1, 0.15) is 12.4 Å². The Morgan fingerprint density at radius 3 is 2.48 bits per heavy atom. The molecule has 0 atom stereocenters. The number of aromatic nitrogens is 2. The number of rotatable bonds is 6. The minimum Gasteiger partial charge on any atom is -0.487 e. The van der Waals surface area contributed by atoms with Crippen molar-refractivity contribution >= 4 is 11.6 Å². The summed E-state index contributed by atoms with van der Waals surface area (Å²) >= 11 is 6.20. The van der Waals surface area contributed by atoms with Gasteiger partial charge in [-0.15, -0.1) is 0 Å². The lowest BCUT2D eigenvalue weighted by Crippen LogP contribution is -2.21. The van der Waals surface area contributed by atoms with E-state index in [1.807, 2.05) is 26.1 Å². The van der Waals surface area contributed by atoms with E-state index in [0.717, 1.165) is 23.7 Å². The number of hydrogen-bond acceptors (Lipinski definition) is 3. The first-order valence-corrected chi connectivity index (χ1v) is 7.48. The van der Waals surface area contributed by atoms with Crippen molar-refractivity contribution in [3.63, 3.8) is 0 Å². The molecule has 0 unspecified atom stereocenters. The van der Waals surface area contributed by atoms with E-state index in [2.05, 4.69) is 36.4 Å². The van der Waals surface area contributed by atoms with Crippen LogP contribution in [-0.4, -0.2) is 15.8 Å². The first kappa shape index (κ1) is 15.9. The van der Waals surface area contributed by atoms with Crippen LogP contribution in [0.4, 0.5) is 0 Å². The molecule has 0 fully saturated rings. The van der Waals surface area contributed by atoms with Gasteiger partial charge in [0.05, 0.1) is 16.4 Å². The molecule has 2 rings (SSSR count). The molecule has 2 aromatic rings. The van der Waals surface area contributed by atoms with Gasteiger partial charge in [0.25, 0.3) is 0 Å². The normalized spacial score (nSPS) is 11.1. The molecule has 0 amide bonds. The molecule has 21 heavy (non-hydrogen) atoms.